The van der Waals surface area contributed by atoms with Gasteiger partial charge in [-0.25, -0.2) is 0 Å². The molecule has 102 valence electrons. The third-order valence-electron chi connectivity index (χ3n) is 3.24. The van der Waals surface area contributed by atoms with Crippen LogP contribution in [0.2, 0.25) is 0 Å². The molecule has 19 heavy (non-hydrogen) atoms. The molecule has 0 aliphatic carbocycles. The molecule has 0 aliphatic heterocycles. The van der Waals surface area contributed by atoms with E-state index in [2.05, 4.69) is 41.0 Å². The summed E-state index contributed by atoms with van der Waals surface area (Å²) >= 11 is 5.30. The Morgan fingerprint density at radius 3 is 2.89 bits per heavy atom. The molecule has 0 saturated heterocycles. The van der Waals surface area contributed by atoms with Crippen LogP contribution in [0.5, 0.6) is 0 Å². The van der Waals surface area contributed by atoms with Crippen LogP contribution in [0.25, 0.3) is 11.4 Å². The maximum absolute atomic E-state index is 5.30. The minimum absolute atomic E-state index is 0.517. The molecule has 0 atom stereocenters. The number of pyridine rings is 1. The minimum atomic E-state index is 0.517. The van der Waals surface area contributed by atoms with Gasteiger partial charge in [-0.3, -0.25) is 14.6 Å². The van der Waals surface area contributed by atoms with Gasteiger partial charge >= 0.3 is 0 Å². The molecule has 0 aliphatic rings. The summed E-state index contributed by atoms with van der Waals surface area (Å²) in [7, 11) is 2.11. The van der Waals surface area contributed by atoms with Crippen molar-refractivity contribution in [2.24, 2.45) is 0 Å². The second kappa shape index (κ2) is 6.08. The van der Waals surface area contributed by atoms with E-state index in [1.807, 2.05) is 16.7 Å². The van der Waals surface area contributed by atoms with Gasteiger partial charge in [0.2, 0.25) is 0 Å². The molecule has 0 saturated carbocycles. The van der Waals surface area contributed by atoms with Crippen molar-refractivity contribution in [2.75, 3.05) is 13.6 Å². The van der Waals surface area contributed by atoms with Crippen molar-refractivity contribution >= 4 is 12.2 Å². The Kier molecular flexibility index (Phi) is 4.44. The molecule has 0 fully saturated rings. The fraction of sp³-hybridized carbons (Fsp3) is 0.462. The normalized spacial score (nSPS) is 11.4. The van der Waals surface area contributed by atoms with Crippen molar-refractivity contribution in [1.82, 2.24) is 24.6 Å². The number of nitrogens with zero attached hydrogens (tertiary/aromatic N) is 4. The zero-order chi connectivity index (χ0) is 13.8. The fourth-order valence-corrected chi connectivity index (χ4v) is 1.98. The maximum Gasteiger partial charge on any atom is 0.195 e. The van der Waals surface area contributed by atoms with E-state index >= 15 is 0 Å². The van der Waals surface area contributed by atoms with Gasteiger partial charge in [-0.15, -0.1) is 0 Å². The molecule has 0 aromatic carbocycles. The number of aromatic nitrogens is 4. The maximum atomic E-state index is 5.30. The summed E-state index contributed by atoms with van der Waals surface area (Å²) in [6.07, 6.45) is 3.55. The lowest BCUT2D eigenvalue weighted by Crippen LogP contribution is -2.29. The van der Waals surface area contributed by atoms with Gasteiger partial charge in [-0.05, 0) is 45.2 Å². The average molecular weight is 277 g/mol. The fourth-order valence-electron chi connectivity index (χ4n) is 1.76. The molecule has 2 aromatic heterocycles. The first-order chi connectivity index (χ1) is 9.09. The Morgan fingerprint density at radius 1 is 1.47 bits per heavy atom. The molecule has 2 aromatic rings. The Labute approximate surface area is 118 Å². The molecular weight excluding hydrogens is 258 g/mol. The van der Waals surface area contributed by atoms with Crippen molar-refractivity contribution < 1.29 is 0 Å². The monoisotopic (exact) mass is 277 g/mol. The standard InChI is InChI=1S/C13H19N5S/c1-10(2)17(3)7-8-18-12(15-16-13(18)19)11-5-4-6-14-9-11/h4-6,9-10H,7-8H2,1-3H3,(H,16,19). The molecule has 5 nitrogen and oxygen atoms in total. The first kappa shape index (κ1) is 13.9. The average Bonchev–Trinajstić information content (AvgIpc) is 2.78. The summed E-state index contributed by atoms with van der Waals surface area (Å²) in [5.41, 5.74) is 0.974. The van der Waals surface area contributed by atoms with E-state index in [1.165, 1.54) is 0 Å². The number of rotatable bonds is 5. The quantitative estimate of drug-likeness (QED) is 0.852. The minimum Gasteiger partial charge on any atom is -0.302 e. The van der Waals surface area contributed by atoms with Gasteiger partial charge in [0.1, 0.15) is 0 Å². The Bertz CT molecular complexity index is 572. The summed E-state index contributed by atoms with van der Waals surface area (Å²) < 4.78 is 2.67. The van der Waals surface area contributed by atoms with Gasteiger partial charge in [0, 0.05) is 37.1 Å². The smallest absolute Gasteiger partial charge is 0.195 e. The van der Waals surface area contributed by atoms with Crippen LogP contribution < -0.4 is 0 Å². The summed E-state index contributed by atoms with van der Waals surface area (Å²) in [6, 6.07) is 4.40. The Hall–Kier alpha value is -1.53. The highest BCUT2D eigenvalue weighted by molar-refractivity contribution is 7.71. The number of nitrogens with one attached hydrogen (secondary N) is 1. The largest absolute Gasteiger partial charge is 0.302 e. The van der Waals surface area contributed by atoms with Crippen molar-refractivity contribution in [3.8, 4) is 11.4 Å². The van der Waals surface area contributed by atoms with Crippen LogP contribution in [0.15, 0.2) is 24.5 Å². The zero-order valence-electron chi connectivity index (χ0n) is 11.5. The van der Waals surface area contributed by atoms with Gasteiger partial charge in [-0.2, -0.15) is 5.10 Å². The van der Waals surface area contributed by atoms with Crippen LogP contribution in [0.3, 0.4) is 0 Å². The van der Waals surface area contributed by atoms with Crippen LogP contribution in [-0.2, 0) is 6.54 Å². The molecule has 0 radical (unpaired) electrons. The lowest BCUT2D eigenvalue weighted by atomic mass is 10.2. The third kappa shape index (κ3) is 3.27. The van der Waals surface area contributed by atoms with E-state index in [1.54, 1.807) is 12.4 Å². The SMILES string of the molecule is CC(C)N(C)CCn1c(-c2cccnc2)n[nH]c1=S. The zero-order valence-corrected chi connectivity index (χ0v) is 12.3. The Balaban J connectivity index is 2.22. The van der Waals surface area contributed by atoms with E-state index in [0.717, 1.165) is 24.5 Å². The van der Waals surface area contributed by atoms with E-state index in [4.69, 9.17) is 12.2 Å². The van der Waals surface area contributed by atoms with Crippen molar-refractivity contribution in [3.05, 3.63) is 29.3 Å². The highest BCUT2D eigenvalue weighted by Crippen LogP contribution is 2.15. The second-order valence-corrected chi connectivity index (χ2v) is 5.21. The predicted octanol–water partition coefficient (Wildman–Crippen LogP) is 2.34. The summed E-state index contributed by atoms with van der Waals surface area (Å²) in [6.45, 7) is 6.10. The van der Waals surface area contributed by atoms with Crippen LogP contribution in [-0.4, -0.2) is 44.3 Å². The summed E-state index contributed by atoms with van der Waals surface area (Å²) in [5, 5.41) is 7.15. The molecule has 2 rings (SSSR count). The number of likely N-dealkylation sites (N-methyl/N-ethyl adjacent to an activating group) is 1. The summed E-state index contributed by atoms with van der Waals surface area (Å²) in [5.74, 6) is 0.843. The molecule has 2 heterocycles. The van der Waals surface area contributed by atoms with Crippen LogP contribution in [0, 0.1) is 4.77 Å². The van der Waals surface area contributed by atoms with E-state index in [-0.39, 0.29) is 0 Å². The first-order valence-electron chi connectivity index (χ1n) is 6.35. The number of aromatic amines is 1. The highest BCUT2D eigenvalue weighted by Gasteiger charge is 2.10. The van der Waals surface area contributed by atoms with Gasteiger partial charge in [0.15, 0.2) is 10.6 Å². The summed E-state index contributed by atoms with van der Waals surface area (Å²) in [4.78, 5) is 6.40. The van der Waals surface area contributed by atoms with E-state index < -0.39 is 0 Å². The number of hydrogen-bond acceptors (Lipinski definition) is 4. The van der Waals surface area contributed by atoms with Crippen molar-refractivity contribution in [3.63, 3.8) is 0 Å². The highest BCUT2D eigenvalue weighted by atomic mass is 32.1. The topological polar surface area (TPSA) is 49.7 Å². The molecule has 0 bridgehead atoms. The number of H-pyrrole nitrogens is 1. The third-order valence-corrected chi connectivity index (χ3v) is 3.55. The lowest BCUT2D eigenvalue weighted by Gasteiger charge is -2.21. The van der Waals surface area contributed by atoms with Gasteiger partial charge in [0.05, 0.1) is 0 Å². The second-order valence-electron chi connectivity index (χ2n) is 4.82. The molecule has 0 spiro atoms. The van der Waals surface area contributed by atoms with Crippen molar-refractivity contribution in [2.45, 2.75) is 26.4 Å². The van der Waals surface area contributed by atoms with Crippen LogP contribution in [0.1, 0.15) is 13.8 Å². The molecular formula is C13H19N5S. The van der Waals surface area contributed by atoms with Gasteiger partial charge < -0.3 is 4.90 Å². The first-order valence-corrected chi connectivity index (χ1v) is 6.76. The molecule has 6 heteroatoms. The van der Waals surface area contributed by atoms with Crippen molar-refractivity contribution in [1.29, 1.82) is 0 Å². The lowest BCUT2D eigenvalue weighted by molar-refractivity contribution is 0.263. The number of hydrogen-bond donors (Lipinski definition) is 1. The van der Waals surface area contributed by atoms with Crippen LogP contribution in [0.4, 0.5) is 0 Å². The molecule has 0 amide bonds. The Morgan fingerprint density at radius 2 is 2.26 bits per heavy atom. The van der Waals surface area contributed by atoms with Crippen LogP contribution >= 0.6 is 12.2 Å². The molecule has 1 N–H and O–H groups in total. The van der Waals surface area contributed by atoms with Gasteiger partial charge in [-0.1, -0.05) is 0 Å². The van der Waals surface area contributed by atoms with E-state index in [9.17, 15) is 0 Å². The van der Waals surface area contributed by atoms with Gasteiger partial charge in [0.25, 0.3) is 0 Å². The van der Waals surface area contributed by atoms with E-state index in [0.29, 0.717) is 10.8 Å². The predicted molar refractivity (Wildman–Crippen MR) is 78.4 cm³/mol. The molecule has 0 unspecified atom stereocenters.